The first-order valence-corrected chi connectivity index (χ1v) is 5.80. The molecule has 2 atom stereocenters. The van der Waals surface area contributed by atoms with E-state index in [1.807, 2.05) is 0 Å². The zero-order valence-corrected chi connectivity index (χ0v) is 9.95. The van der Waals surface area contributed by atoms with Gasteiger partial charge >= 0.3 is 0 Å². The maximum atomic E-state index is 5.80. The second-order valence-corrected chi connectivity index (χ2v) is 4.18. The molecule has 2 unspecified atom stereocenters. The number of rotatable bonds is 7. The Kier molecular flexibility index (Phi) is 6.17. The van der Waals surface area contributed by atoms with E-state index in [9.17, 15) is 0 Å². The summed E-state index contributed by atoms with van der Waals surface area (Å²) in [7, 11) is 3.86. The minimum absolute atomic E-state index is 0.336. The molecule has 0 aromatic rings. The number of methoxy groups -OCH3 is 1. The Morgan fingerprint density at radius 2 is 2.40 bits per heavy atom. The van der Waals surface area contributed by atoms with Crippen LogP contribution in [-0.4, -0.2) is 57.5 Å². The summed E-state index contributed by atoms with van der Waals surface area (Å²) in [6.45, 7) is 3.41. The van der Waals surface area contributed by atoms with Gasteiger partial charge in [0.1, 0.15) is 0 Å². The molecule has 0 radical (unpaired) electrons. The Morgan fingerprint density at radius 3 is 2.93 bits per heavy atom. The first kappa shape index (κ1) is 12.9. The van der Waals surface area contributed by atoms with Crippen molar-refractivity contribution in [2.45, 2.75) is 31.4 Å². The van der Waals surface area contributed by atoms with E-state index in [-0.39, 0.29) is 0 Å². The van der Waals surface area contributed by atoms with Gasteiger partial charge in [0.2, 0.25) is 0 Å². The number of hydrogen-bond acceptors (Lipinski definition) is 4. The number of likely N-dealkylation sites (N-methyl/N-ethyl adjacent to an activating group) is 1. The third-order valence-electron chi connectivity index (χ3n) is 3.06. The van der Waals surface area contributed by atoms with Crippen LogP contribution in [0.2, 0.25) is 0 Å². The fraction of sp³-hybridized carbons (Fsp3) is 1.00. The summed E-state index contributed by atoms with van der Waals surface area (Å²) in [5.74, 6) is 0. The third-order valence-corrected chi connectivity index (χ3v) is 3.06. The number of nitrogens with zero attached hydrogens (tertiary/aromatic N) is 1. The molecule has 1 heterocycles. The van der Waals surface area contributed by atoms with Crippen LogP contribution in [0.1, 0.15) is 19.3 Å². The van der Waals surface area contributed by atoms with Crippen molar-refractivity contribution in [2.24, 2.45) is 5.73 Å². The topological polar surface area (TPSA) is 47.7 Å². The monoisotopic (exact) mass is 216 g/mol. The molecule has 0 aliphatic carbocycles. The van der Waals surface area contributed by atoms with Gasteiger partial charge in [-0.25, -0.2) is 0 Å². The maximum Gasteiger partial charge on any atom is 0.0743 e. The largest absolute Gasteiger partial charge is 0.385 e. The van der Waals surface area contributed by atoms with E-state index >= 15 is 0 Å². The highest BCUT2D eigenvalue weighted by Gasteiger charge is 2.27. The van der Waals surface area contributed by atoms with Gasteiger partial charge in [-0.3, -0.25) is 4.90 Å². The highest BCUT2D eigenvalue weighted by Crippen LogP contribution is 2.18. The maximum absolute atomic E-state index is 5.80. The van der Waals surface area contributed by atoms with E-state index in [0.717, 1.165) is 32.6 Å². The van der Waals surface area contributed by atoms with Crippen molar-refractivity contribution in [1.82, 2.24) is 4.90 Å². The zero-order valence-electron chi connectivity index (χ0n) is 9.95. The molecule has 1 saturated heterocycles. The van der Waals surface area contributed by atoms with Gasteiger partial charge in [-0.1, -0.05) is 0 Å². The van der Waals surface area contributed by atoms with Crippen LogP contribution < -0.4 is 5.73 Å². The van der Waals surface area contributed by atoms with Crippen molar-refractivity contribution in [3.05, 3.63) is 0 Å². The summed E-state index contributed by atoms with van der Waals surface area (Å²) in [4.78, 5) is 2.30. The second-order valence-electron chi connectivity index (χ2n) is 4.18. The predicted octanol–water partition coefficient (Wildman–Crippen LogP) is 0.461. The molecule has 4 nitrogen and oxygen atoms in total. The van der Waals surface area contributed by atoms with Crippen molar-refractivity contribution in [1.29, 1.82) is 0 Å². The molecule has 0 aromatic heterocycles. The SMILES string of the molecule is COCCCN(C)C(CN)C1CCCO1. The van der Waals surface area contributed by atoms with E-state index in [1.165, 1.54) is 6.42 Å². The Labute approximate surface area is 92.7 Å². The molecule has 15 heavy (non-hydrogen) atoms. The lowest BCUT2D eigenvalue weighted by atomic mass is 10.1. The molecular weight excluding hydrogens is 192 g/mol. The highest BCUT2D eigenvalue weighted by atomic mass is 16.5. The average Bonchev–Trinajstić information content (AvgIpc) is 2.73. The average molecular weight is 216 g/mol. The summed E-state index contributed by atoms with van der Waals surface area (Å²) in [5, 5.41) is 0. The van der Waals surface area contributed by atoms with Crippen molar-refractivity contribution < 1.29 is 9.47 Å². The van der Waals surface area contributed by atoms with Crippen molar-refractivity contribution in [3.8, 4) is 0 Å². The van der Waals surface area contributed by atoms with E-state index in [4.69, 9.17) is 15.2 Å². The molecule has 0 aromatic carbocycles. The summed E-state index contributed by atoms with van der Waals surface area (Å²) in [6.07, 6.45) is 3.71. The minimum atomic E-state index is 0.336. The van der Waals surface area contributed by atoms with Gasteiger partial charge in [0, 0.05) is 39.5 Å². The Hall–Kier alpha value is -0.160. The first-order valence-electron chi connectivity index (χ1n) is 5.80. The fourth-order valence-corrected chi connectivity index (χ4v) is 2.15. The normalized spacial score (nSPS) is 23.6. The standard InChI is InChI=1S/C11H24N2O2/c1-13(6-4-7-14-2)10(9-12)11-5-3-8-15-11/h10-11H,3-9,12H2,1-2H3. The van der Waals surface area contributed by atoms with Gasteiger partial charge in [0.25, 0.3) is 0 Å². The van der Waals surface area contributed by atoms with Crippen LogP contribution in [0.25, 0.3) is 0 Å². The van der Waals surface area contributed by atoms with Crippen LogP contribution in [0, 0.1) is 0 Å². The van der Waals surface area contributed by atoms with Crippen LogP contribution in [0.5, 0.6) is 0 Å². The Bertz CT molecular complexity index is 161. The quantitative estimate of drug-likeness (QED) is 0.628. The van der Waals surface area contributed by atoms with Crippen LogP contribution in [0.3, 0.4) is 0 Å². The van der Waals surface area contributed by atoms with Crippen molar-refractivity contribution in [2.75, 3.05) is 40.5 Å². The van der Waals surface area contributed by atoms with Crippen LogP contribution >= 0.6 is 0 Å². The predicted molar refractivity (Wildman–Crippen MR) is 60.9 cm³/mol. The summed E-state index contributed by atoms with van der Waals surface area (Å²) in [6, 6.07) is 0.365. The van der Waals surface area contributed by atoms with E-state index in [0.29, 0.717) is 18.7 Å². The molecule has 4 heteroatoms. The van der Waals surface area contributed by atoms with Crippen LogP contribution in [-0.2, 0) is 9.47 Å². The van der Waals surface area contributed by atoms with E-state index < -0.39 is 0 Å². The molecule has 1 aliphatic rings. The molecule has 0 amide bonds. The molecule has 1 rings (SSSR count). The molecule has 90 valence electrons. The zero-order chi connectivity index (χ0) is 11.1. The molecule has 1 fully saturated rings. The molecule has 1 aliphatic heterocycles. The Balaban J connectivity index is 2.28. The van der Waals surface area contributed by atoms with Gasteiger partial charge in [-0.15, -0.1) is 0 Å². The third kappa shape index (κ3) is 4.07. The lowest BCUT2D eigenvalue weighted by Gasteiger charge is -2.31. The number of hydrogen-bond donors (Lipinski definition) is 1. The van der Waals surface area contributed by atoms with E-state index in [1.54, 1.807) is 7.11 Å². The number of ether oxygens (including phenoxy) is 2. The summed E-state index contributed by atoms with van der Waals surface area (Å²) >= 11 is 0. The molecule has 2 N–H and O–H groups in total. The smallest absolute Gasteiger partial charge is 0.0743 e. The van der Waals surface area contributed by atoms with Gasteiger partial charge in [0.15, 0.2) is 0 Å². The van der Waals surface area contributed by atoms with Gasteiger partial charge < -0.3 is 15.2 Å². The molecule has 0 saturated carbocycles. The fourth-order valence-electron chi connectivity index (χ4n) is 2.15. The summed E-state index contributed by atoms with van der Waals surface area (Å²) < 4.78 is 10.7. The van der Waals surface area contributed by atoms with Gasteiger partial charge in [-0.2, -0.15) is 0 Å². The second kappa shape index (κ2) is 7.17. The lowest BCUT2D eigenvalue weighted by Crippen LogP contribution is -2.46. The number of nitrogens with two attached hydrogens (primary N) is 1. The lowest BCUT2D eigenvalue weighted by molar-refractivity contribution is 0.0345. The van der Waals surface area contributed by atoms with E-state index in [2.05, 4.69) is 11.9 Å². The highest BCUT2D eigenvalue weighted by molar-refractivity contribution is 4.82. The van der Waals surface area contributed by atoms with Gasteiger partial charge in [-0.05, 0) is 26.3 Å². The minimum Gasteiger partial charge on any atom is -0.385 e. The van der Waals surface area contributed by atoms with Gasteiger partial charge in [0.05, 0.1) is 6.10 Å². The van der Waals surface area contributed by atoms with Crippen molar-refractivity contribution in [3.63, 3.8) is 0 Å². The first-order chi connectivity index (χ1) is 7.29. The molecular formula is C11H24N2O2. The molecule has 0 bridgehead atoms. The van der Waals surface area contributed by atoms with Crippen LogP contribution in [0.15, 0.2) is 0 Å². The summed E-state index contributed by atoms with van der Waals surface area (Å²) in [5.41, 5.74) is 5.80. The molecule has 0 spiro atoms. The van der Waals surface area contributed by atoms with Crippen LogP contribution in [0.4, 0.5) is 0 Å². The Morgan fingerprint density at radius 1 is 1.60 bits per heavy atom. The van der Waals surface area contributed by atoms with Crippen molar-refractivity contribution >= 4 is 0 Å².